The second-order valence-electron chi connectivity index (χ2n) is 3.01. The van der Waals surface area contributed by atoms with E-state index in [9.17, 15) is 4.79 Å². The third-order valence-corrected chi connectivity index (χ3v) is 3.16. The molecule has 0 aliphatic rings. The van der Waals surface area contributed by atoms with Crippen molar-refractivity contribution >= 4 is 21.7 Å². The number of benzene rings is 1. The SMILES string of the molecule is COc1cccc(C(Br)C(C)=O)c1C#N. The Kier molecular flexibility index (Phi) is 3.87. The molecule has 0 heterocycles. The Morgan fingerprint density at radius 2 is 2.27 bits per heavy atom. The molecule has 0 aromatic heterocycles. The van der Waals surface area contributed by atoms with Crippen LogP contribution in [0.15, 0.2) is 18.2 Å². The van der Waals surface area contributed by atoms with Crippen LogP contribution in [-0.4, -0.2) is 12.9 Å². The van der Waals surface area contributed by atoms with Crippen molar-refractivity contribution in [3.05, 3.63) is 29.3 Å². The van der Waals surface area contributed by atoms with Crippen LogP contribution in [0.1, 0.15) is 22.9 Å². The zero-order valence-electron chi connectivity index (χ0n) is 8.45. The number of methoxy groups -OCH3 is 1. The first kappa shape index (κ1) is 11.7. The van der Waals surface area contributed by atoms with E-state index in [0.717, 1.165) is 0 Å². The number of ketones is 1. The zero-order valence-corrected chi connectivity index (χ0v) is 10.0. The molecule has 0 saturated carbocycles. The zero-order chi connectivity index (χ0) is 11.4. The largest absolute Gasteiger partial charge is 0.495 e. The molecule has 1 unspecified atom stereocenters. The van der Waals surface area contributed by atoms with E-state index in [4.69, 9.17) is 10.00 Å². The molecular formula is C11H10BrNO2. The molecule has 1 aromatic rings. The second-order valence-corrected chi connectivity index (χ2v) is 3.93. The van der Waals surface area contributed by atoms with E-state index in [2.05, 4.69) is 15.9 Å². The number of nitrogens with zero attached hydrogens (tertiary/aromatic N) is 1. The Morgan fingerprint density at radius 1 is 1.60 bits per heavy atom. The normalized spacial score (nSPS) is 11.6. The van der Waals surface area contributed by atoms with Crippen molar-refractivity contribution in [2.75, 3.05) is 7.11 Å². The molecule has 0 aliphatic heterocycles. The van der Waals surface area contributed by atoms with Crippen molar-refractivity contribution < 1.29 is 9.53 Å². The molecule has 0 saturated heterocycles. The maximum Gasteiger partial charge on any atom is 0.147 e. The molecule has 1 rings (SSSR count). The highest BCUT2D eigenvalue weighted by atomic mass is 79.9. The molecule has 1 atom stereocenters. The number of Topliss-reactive ketones (excluding diaryl/α,β-unsaturated/α-hetero) is 1. The molecule has 15 heavy (non-hydrogen) atoms. The van der Waals surface area contributed by atoms with Crippen LogP contribution in [0.2, 0.25) is 0 Å². The van der Waals surface area contributed by atoms with Gasteiger partial charge in [0.15, 0.2) is 0 Å². The summed E-state index contributed by atoms with van der Waals surface area (Å²) < 4.78 is 5.05. The van der Waals surface area contributed by atoms with Crippen LogP contribution in [0.4, 0.5) is 0 Å². The number of hydrogen-bond donors (Lipinski definition) is 0. The standard InChI is InChI=1S/C11H10BrNO2/c1-7(14)11(12)8-4-3-5-10(15-2)9(8)6-13/h3-5,11H,1-2H3. The summed E-state index contributed by atoms with van der Waals surface area (Å²) in [4.78, 5) is 10.8. The first-order valence-corrected chi connectivity index (χ1v) is 5.25. The molecular weight excluding hydrogens is 258 g/mol. The number of nitriles is 1. The summed E-state index contributed by atoms with van der Waals surface area (Å²) in [5.74, 6) is 0.445. The lowest BCUT2D eigenvalue weighted by molar-refractivity contribution is -0.116. The van der Waals surface area contributed by atoms with Crippen LogP contribution in [0, 0.1) is 11.3 Å². The lowest BCUT2D eigenvalue weighted by atomic mass is 10.0. The monoisotopic (exact) mass is 267 g/mol. The number of halogens is 1. The van der Waals surface area contributed by atoms with Crippen molar-refractivity contribution in [3.63, 3.8) is 0 Å². The maximum absolute atomic E-state index is 11.2. The summed E-state index contributed by atoms with van der Waals surface area (Å²) in [6, 6.07) is 7.23. The van der Waals surface area contributed by atoms with Gasteiger partial charge in [0.05, 0.1) is 17.5 Å². The van der Waals surface area contributed by atoms with Gasteiger partial charge in [-0.05, 0) is 18.6 Å². The van der Waals surface area contributed by atoms with Crippen molar-refractivity contribution in [2.24, 2.45) is 0 Å². The smallest absolute Gasteiger partial charge is 0.147 e. The predicted molar refractivity (Wildman–Crippen MR) is 60.1 cm³/mol. The molecule has 0 fully saturated rings. The van der Waals surface area contributed by atoms with E-state index in [1.54, 1.807) is 18.2 Å². The highest BCUT2D eigenvalue weighted by molar-refractivity contribution is 9.09. The van der Waals surface area contributed by atoms with E-state index < -0.39 is 4.83 Å². The van der Waals surface area contributed by atoms with Gasteiger partial charge in [-0.25, -0.2) is 0 Å². The van der Waals surface area contributed by atoms with Crippen molar-refractivity contribution in [2.45, 2.75) is 11.8 Å². The fraction of sp³-hybridized carbons (Fsp3) is 0.273. The first-order chi connectivity index (χ1) is 7.11. The minimum Gasteiger partial charge on any atom is -0.495 e. The summed E-state index contributed by atoms with van der Waals surface area (Å²) in [6.07, 6.45) is 0. The Morgan fingerprint density at radius 3 is 2.73 bits per heavy atom. The van der Waals surface area contributed by atoms with Gasteiger partial charge in [-0.2, -0.15) is 5.26 Å². The summed E-state index contributed by atoms with van der Waals surface area (Å²) in [5.41, 5.74) is 1.04. The quantitative estimate of drug-likeness (QED) is 0.791. The highest BCUT2D eigenvalue weighted by Crippen LogP contribution is 2.31. The minimum absolute atomic E-state index is 0.0419. The first-order valence-electron chi connectivity index (χ1n) is 4.33. The molecule has 0 N–H and O–H groups in total. The van der Waals surface area contributed by atoms with Crippen LogP contribution in [0.3, 0.4) is 0 Å². The van der Waals surface area contributed by atoms with Crippen LogP contribution < -0.4 is 4.74 Å². The Labute approximate surface area is 96.8 Å². The van der Waals surface area contributed by atoms with Gasteiger partial charge in [-0.1, -0.05) is 28.1 Å². The van der Waals surface area contributed by atoms with Gasteiger partial charge in [0.1, 0.15) is 17.6 Å². The lowest BCUT2D eigenvalue weighted by Crippen LogP contribution is -2.04. The minimum atomic E-state index is -0.456. The van der Waals surface area contributed by atoms with Crippen LogP contribution in [-0.2, 0) is 4.79 Å². The van der Waals surface area contributed by atoms with Crippen LogP contribution in [0.25, 0.3) is 0 Å². The van der Waals surface area contributed by atoms with E-state index >= 15 is 0 Å². The molecule has 0 amide bonds. The van der Waals surface area contributed by atoms with Gasteiger partial charge >= 0.3 is 0 Å². The van der Waals surface area contributed by atoms with Gasteiger partial charge < -0.3 is 4.74 Å². The van der Waals surface area contributed by atoms with Crippen LogP contribution >= 0.6 is 15.9 Å². The number of rotatable bonds is 3. The summed E-state index contributed by atoms with van der Waals surface area (Å²) >= 11 is 3.25. The fourth-order valence-electron chi connectivity index (χ4n) is 1.27. The van der Waals surface area contributed by atoms with Gasteiger partial charge in [0.25, 0.3) is 0 Å². The van der Waals surface area contributed by atoms with E-state index in [1.165, 1.54) is 14.0 Å². The van der Waals surface area contributed by atoms with E-state index in [0.29, 0.717) is 16.9 Å². The average Bonchev–Trinajstić information content (AvgIpc) is 2.26. The predicted octanol–water partition coefficient (Wildman–Crippen LogP) is 2.59. The van der Waals surface area contributed by atoms with Crippen LogP contribution in [0.5, 0.6) is 5.75 Å². The summed E-state index contributed by atoms with van der Waals surface area (Å²) in [6.45, 7) is 1.47. The molecule has 0 aliphatic carbocycles. The molecule has 0 bridgehead atoms. The van der Waals surface area contributed by atoms with Gasteiger partial charge in [0, 0.05) is 0 Å². The summed E-state index contributed by atoms with van der Waals surface area (Å²) in [5, 5.41) is 9.00. The van der Waals surface area contributed by atoms with Gasteiger partial charge in [-0.15, -0.1) is 0 Å². The Hall–Kier alpha value is -1.34. The lowest BCUT2D eigenvalue weighted by Gasteiger charge is -2.11. The molecule has 4 heteroatoms. The number of carbonyl (C=O) groups is 1. The number of carbonyl (C=O) groups excluding carboxylic acids is 1. The van der Waals surface area contributed by atoms with E-state index in [1.807, 2.05) is 6.07 Å². The molecule has 0 spiro atoms. The average molecular weight is 268 g/mol. The number of ether oxygens (including phenoxy) is 1. The molecule has 1 aromatic carbocycles. The fourth-order valence-corrected chi connectivity index (χ4v) is 1.65. The Bertz CT molecular complexity index is 423. The maximum atomic E-state index is 11.2. The number of alkyl halides is 1. The van der Waals surface area contributed by atoms with Crippen molar-refractivity contribution in [1.82, 2.24) is 0 Å². The number of hydrogen-bond acceptors (Lipinski definition) is 3. The molecule has 78 valence electrons. The van der Waals surface area contributed by atoms with Gasteiger partial charge in [0.2, 0.25) is 0 Å². The molecule has 0 radical (unpaired) electrons. The summed E-state index contributed by atoms with van der Waals surface area (Å²) in [7, 11) is 1.50. The highest BCUT2D eigenvalue weighted by Gasteiger charge is 2.18. The molecule has 3 nitrogen and oxygen atoms in total. The Balaban J connectivity index is 3.30. The third-order valence-electron chi connectivity index (χ3n) is 2.02. The van der Waals surface area contributed by atoms with Crippen molar-refractivity contribution in [3.8, 4) is 11.8 Å². The second kappa shape index (κ2) is 4.94. The van der Waals surface area contributed by atoms with Gasteiger partial charge in [-0.3, -0.25) is 4.79 Å². The van der Waals surface area contributed by atoms with Crippen molar-refractivity contribution in [1.29, 1.82) is 5.26 Å². The van der Waals surface area contributed by atoms with E-state index in [-0.39, 0.29) is 5.78 Å². The third kappa shape index (κ3) is 2.37. The topological polar surface area (TPSA) is 50.1 Å².